The molecule has 20 heavy (non-hydrogen) atoms. The van der Waals surface area contributed by atoms with E-state index in [1.807, 2.05) is 0 Å². The van der Waals surface area contributed by atoms with Crippen LogP contribution in [0.15, 0.2) is 24.5 Å². The van der Waals surface area contributed by atoms with Gasteiger partial charge in [-0.3, -0.25) is 9.78 Å². The van der Waals surface area contributed by atoms with E-state index in [4.69, 9.17) is 5.11 Å². The van der Waals surface area contributed by atoms with Crippen molar-refractivity contribution < 1.29 is 14.7 Å². The van der Waals surface area contributed by atoms with Crippen LogP contribution in [0.2, 0.25) is 0 Å². The minimum atomic E-state index is -0.823. The van der Waals surface area contributed by atoms with Crippen molar-refractivity contribution in [3.8, 4) is 0 Å². The standard InChI is InChI=1S/C15H20N2O3/c18-14(13-4-8-16-9-5-13)3-1-2-12-6-10-17(11-7-12)15(19)20/h4-5,8-9,12H,1-3,6-7,10-11H2,(H,19,20). The number of hydrogen-bond donors (Lipinski definition) is 1. The van der Waals surface area contributed by atoms with E-state index < -0.39 is 6.09 Å². The van der Waals surface area contributed by atoms with Crippen LogP contribution in [0.25, 0.3) is 0 Å². The average Bonchev–Trinajstić information content (AvgIpc) is 2.48. The van der Waals surface area contributed by atoms with Crippen LogP contribution < -0.4 is 0 Å². The summed E-state index contributed by atoms with van der Waals surface area (Å²) in [4.78, 5) is 28.1. The van der Waals surface area contributed by atoms with Crippen LogP contribution in [0.4, 0.5) is 4.79 Å². The van der Waals surface area contributed by atoms with E-state index in [2.05, 4.69) is 4.98 Å². The lowest BCUT2D eigenvalue weighted by Crippen LogP contribution is -2.37. The summed E-state index contributed by atoms with van der Waals surface area (Å²) in [5, 5.41) is 8.88. The number of amides is 1. The highest BCUT2D eigenvalue weighted by Crippen LogP contribution is 2.23. The van der Waals surface area contributed by atoms with Gasteiger partial charge in [0.1, 0.15) is 0 Å². The molecule has 1 aliphatic heterocycles. The quantitative estimate of drug-likeness (QED) is 0.839. The molecule has 1 N–H and O–H groups in total. The van der Waals surface area contributed by atoms with Crippen LogP contribution in [0.3, 0.4) is 0 Å². The molecular weight excluding hydrogens is 256 g/mol. The fourth-order valence-electron chi connectivity index (χ4n) is 2.65. The van der Waals surface area contributed by atoms with Crippen LogP contribution in [-0.2, 0) is 0 Å². The first-order chi connectivity index (χ1) is 9.66. The van der Waals surface area contributed by atoms with Crippen molar-refractivity contribution in [1.29, 1.82) is 0 Å². The van der Waals surface area contributed by atoms with E-state index in [0.717, 1.165) is 31.2 Å². The number of carbonyl (C=O) groups excluding carboxylic acids is 1. The summed E-state index contributed by atoms with van der Waals surface area (Å²) in [5.41, 5.74) is 0.723. The summed E-state index contributed by atoms with van der Waals surface area (Å²) in [6, 6.07) is 3.49. The van der Waals surface area contributed by atoms with Gasteiger partial charge >= 0.3 is 6.09 Å². The summed E-state index contributed by atoms with van der Waals surface area (Å²) in [5.74, 6) is 0.714. The maximum absolute atomic E-state index is 11.9. The number of likely N-dealkylation sites (tertiary alicyclic amines) is 1. The number of carboxylic acid groups (broad SMARTS) is 1. The van der Waals surface area contributed by atoms with E-state index in [9.17, 15) is 9.59 Å². The Bertz CT molecular complexity index is 453. The lowest BCUT2D eigenvalue weighted by Gasteiger charge is -2.29. The van der Waals surface area contributed by atoms with Crippen molar-refractivity contribution in [3.05, 3.63) is 30.1 Å². The van der Waals surface area contributed by atoms with Gasteiger partial charge in [0, 0.05) is 37.5 Å². The Labute approximate surface area is 118 Å². The summed E-state index contributed by atoms with van der Waals surface area (Å²) >= 11 is 0. The fourth-order valence-corrected chi connectivity index (χ4v) is 2.65. The van der Waals surface area contributed by atoms with Crippen molar-refractivity contribution in [2.75, 3.05) is 13.1 Å². The average molecular weight is 276 g/mol. The van der Waals surface area contributed by atoms with Crippen molar-refractivity contribution in [2.45, 2.75) is 32.1 Å². The Balaban J connectivity index is 1.67. The molecule has 2 rings (SSSR count). The minimum Gasteiger partial charge on any atom is -0.465 e. The number of piperidine rings is 1. The topological polar surface area (TPSA) is 70.5 Å². The van der Waals surface area contributed by atoms with Crippen molar-refractivity contribution >= 4 is 11.9 Å². The Morgan fingerprint density at radius 3 is 2.50 bits per heavy atom. The molecule has 0 radical (unpaired) electrons. The maximum Gasteiger partial charge on any atom is 0.407 e. The van der Waals surface area contributed by atoms with Crippen molar-refractivity contribution in [2.24, 2.45) is 5.92 Å². The molecule has 1 aliphatic rings. The number of aromatic nitrogens is 1. The van der Waals surface area contributed by atoms with E-state index >= 15 is 0 Å². The molecule has 5 nitrogen and oxygen atoms in total. The normalized spacial score (nSPS) is 16.1. The molecule has 0 atom stereocenters. The van der Waals surface area contributed by atoms with Crippen LogP contribution >= 0.6 is 0 Å². The smallest absolute Gasteiger partial charge is 0.407 e. The monoisotopic (exact) mass is 276 g/mol. The first-order valence-corrected chi connectivity index (χ1v) is 7.08. The highest BCUT2D eigenvalue weighted by Gasteiger charge is 2.22. The largest absolute Gasteiger partial charge is 0.465 e. The molecule has 0 saturated carbocycles. The van der Waals surface area contributed by atoms with Gasteiger partial charge in [0.2, 0.25) is 0 Å². The summed E-state index contributed by atoms with van der Waals surface area (Å²) in [7, 11) is 0. The van der Waals surface area contributed by atoms with E-state index in [0.29, 0.717) is 25.4 Å². The second-order valence-electron chi connectivity index (χ2n) is 5.26. The summed E-state index contributed by atoms with van der Waals surface area (Å²) < 4.78 is 0. The second-order valence-corrected chi connectivity index (χ2v) is 5.26. The molecule has 108 valence electrons. The van der Waals surface area contributed by atoms with Crippen LogP contribution in [-0.4, -0.2) is 40.0 Å². The molecule has 1 aromatic rings. The van der Waals surface area contributed by atoms with E-state index in [-0.39, 0.29) is 5.78 Å². The highest BCUT2D eigenvalue weighted by molar-refractivity contribution is 5.95. The highest BCUT2D eigenvalue weighted by atomic mass is 16.4. The number of rotatable bonds is 5. The number of ketones is 1. The molecular formula is C15H20N2O3. The Morgan fingerprint density at radius 2 is 1.90 bits per heavy atom. The van der Waals surface area contributed by atoms with Gasteiger partial charge in [-0.05, 0) is 43.7 Å². The fraction of sp³-hybridized carbons (Fsp3) is 0.533. The Hall–Kier alpha value is -1.91. The number of hydrogen-bond acceptors (Lipinski definition) is 3. The lowest BCUT2D eigenvalue weighted by atomic mass is 9.91. The van der Waals surface area contributed by atoms with Gasteiger partial charge < -0.3 is 10.0 Å². The SMILES string of the molecule is O=C(CCCC1CCN(C(=O)O)CC1)c1ccncc1. The van der Waals surface area contributed by atoms with Gasteiger partial charge in [0.15, 0.2) is 5.78 Å². The number of nitrogens with zero attached hydrogens (tertiary/aromatic N) is 2. The maximum atomic E-state index is 11.9. The van der Waals surface area contributed by atoms with E-state index in [1.54, 1.807) is 24.5 Å². The van der Waals surface area contributed by atoms with Gasteiger partial charge in [-0.25, -0.2) is 4.79 Å². The molecule has 2 heterocycles. The lowest BCUT2D eigenvalue weighted by molar-refractivity contribution is 0.0974. The molecule has 0 spiro atoms. The second kappa shape index (κ2) is 7.03. The minimum absolute atomic E-state index is 0.162. The van der Waals surface area contributed by atoms with Gasteiger partial charge in [0.05, 0.1) is 0 Å². The molecule has 1 fully saturated rings. The van der Waals surface area contributed by atoms with Crippen molar-refractivity contribution in [1.82, 2.24) is 9.88 Å². The summed E-state index contributed by atoms with van der Waals surface area (Å²) in [6.45, 7) is 1.25. The molecule has 0 unspecified atom stereocenters. The van der Waals surface area contributed by atoms with Crippen molar-refractivity contribution in [3.63, 3.8) is 0 Å². The van der Waals surface area contributed by atoms with Gasteiger partial charge in [0.25, 0.3) is 0 Å². The van der Waals surface area contributed by atoms with Gasteiger partial charge in [-0.1, -0.05) is 0 Å². The Kier molecular flexibility index (Phi) is 5.09. The molecule has 1 amide bonds. The predicted molar refractivity (Wildman–Crippen MR) is 74.7 cm³/mol. The molecule has 5 heteroatoms. The number of pyridine rings is 1. The molecule has 0 aliphatic carbocycles. The zero-order chi connectivity index (χ0) is 14.4. The third-order valence-corrected chi connectivity index (χ3v) is 3.90. The van der Waals surface area contributed by atoms with Crippen LogP contribution in [0.1, 0.15) is 42.5 Å². The first kappa shape index (κ1) is 14.5. The molecule has 1 aromatic heterocycles. The van der Waals surface area contributed by atoms with Crippen LogP contribution in [0, 0.1) is 5.92 Å². The van der Waals surface area contributed by atoms with Gasteiger partial charge in [-0.15, -0.1) is 0 Å². The molecule has 0 bridgehead atoms. The van der Waals surface area contributed by atoms with E-state index in [1.165, 1.54) is 4.90 Å². The number of carbonyl (C=O) groups is 2. The molecule has 0 aromatic carbocycles. The predicted octanol–water partition coefficient (Wildman–Crippen LogP) is 2.82. The van der Waals surface area contributed by atoms with Crippen LogP contribution in [0.5, 0.6) is 0 Å². The first-order valence-electron chi connectivity index (χ1n) is 7.08. The Morgan fingerprint density at radius 1 is 1.25 bits per heavy atom. The third kappa shape index (κ3) is 4.05. The van der Waals surface area contributed by atoms with Gasteiger partial charge in [-0.2, -0.15) is 0 Å². The third-order valence-electron chi connectivity index (χ3n) is 3.90. The number of Topliss-reactive ketones (excluding diaryl/α,β-unsaturated/α-hetero) is 1. The zero-order valence-electron chi connectivity index (χ0n) is 11.5. The summed E-state index contributed by atoms with van der Waals surface area (Å²) in [6.07, 6.45) is 6.71. The molecule has 1 saturated heterocycles. The zero-order valence-corrected chi connectivity index (χ0v) is 11.5.